The minimum absolute atomic E-state index is 0.101. The van der Waals surface area contributed by atoms with Gasteiger partial charge in [-0.2, -0.15) is 0 Å². The number of Topliss-reactive ketones (excluding diaryl/α,β-unsaturated/α-hetero) is 1. The van der Waals surface area contributed by atoms with Crippen LogP contribution < -0.4 is 5.32 Å². The Morgan fingerprint density at radius 2 is 1.74 bits per heavy atom. The Morgan fingerprint density at radius 3 is 2.30 bits per heavy atom. The van der Waals surface area contributed by atoms with E-state index in [-0.39, 0.29) is 17.4 Å². The van der Waals surface area contributed by atoms with Crippen LogP contribution in [0.25, 0.3) is 0 Å². The number of ketones is 1. The van der Waals surface area contributed by atoms with E-state index in [0.29, 0.717) is 10.5 Å². The fraction of sp³-hybridized carbons (Fsp3) is 0.222. The number of halogens is 1. The first-order chi connectivity index (χ1) is 10.8. The lowest BCUT2D eigenvalue weighted by Gasteiger charge is -2.08. The zero-order valence-electron chi connectivity index (χ0n) is 13.3. The number of nitrogens with one attached hydrogen (secondary N) is 1. The van der Waals surface area contributed by atoms with Crippen molar-refractivity contribution < 1.29 is 14.0 Å². The summed E-state index contributed by atoms with van der Waals surface area (Å²) in [6.07, 6.45) is 0. The highest BCUT2D eigenvalue weighted by atomic mass is 32.2. The van der Waals surface area contributed by atoms with Crippen molar-refractivity contribution in [2.75, 3.05) is 11.1 Å². The monoisotopic (exact) mass is 331 g/mol. The second-order valence-electron chi connectivity index (χ2n) is 5.41. The quantitative estimate of drug-likeness (QED) is 0.653. The summed E-state index contributed by atoms with van der Waals surface area (Å²) in [6.45, 7) is 5.31. The van der Waals surface area contributed by atoms with Gasteiger partial charge in [0.2, 0.25) is 5.91 Å². The maximum Gasteiger partial charge on any atom is 0.234 e. The second kappa shape index (κ2) is 7.42. The molecule has 0 saturated heterocycles. The molecule has 1 N–H and O–H groups in total. The Bertz CT molecular complexity index is 738. The number of anilines is 1. The van der Waals surface area contributed by atoms with E-state index in [1.807, 2.05) is 32.0 Å². The number of carbonyl (C=O) groups excluding carboxylic acids is 2. The molecule has 1 amide bonds. The van der Waals surface area contributed by atoms with Gasteiger partial charge in [0.15, 0.2) is 5.78 Å². The van der Waals surface area contributed by atoms with Gasteiger partial charge in [0, 0.05) is 16.1 Å². The fourth-order valence-electron chi connectivity index (χ4n) is 2.22. The van der Waals surface area contributed by atoms with Crippen molar-refractivity contribution in [3.05, 3.63) is 58.9 Å². The zero-order valence-corrected chi connectivity index (χ0v) is 14.1. The van der Waals surface area contributed by atoms with Gasteiger partial charge in [-0.3, -0.25) is 9.59 Å². The topological polar surface area (TPSA) is 46.2 Å². The van der Waals surface area contributed by atoms with Gasteiger partial charge < -0.3 is 5.32 Å². The number of thioether (sulfide) groups is 1. The number of rotatable bonds is 5. The van der Waals surface area contributed by atoms with Gasteiger partial charge in [-0.25, -0.2) is 4.39 Å². The summed E-state index contributed by atoms with van der Waals surface area (Å²) >= 11 is 1.10. The van der Waals surface area contributed by atoms with Crippen molar-refractivity contribution in [2.45, 2.75) is 25.7 Å². The highest BCUT2D eigenvalue weighted by Crippen LogP contribution is 2.23. The second-order valence-corrected chi connectivity index (χ2v) is 6.43. The van der Waals surface area contributed by atoms with Gasteiger partial charge in [0.1, 0.15) is 5.82 Å². The van der Waals surface area contributed by atoms with Crippen molar-refractivity contribution in [2.24, 2.45) is 0 Å². The summed E-state index contributed by atoms with van der Waals surface area (Å²) in [6, 6.07) is 10.1. The van der Waals surface area contributed by atoms with Crippen LogP contribution in [-0.2, 0) is 4.79 Å². The summed E-state index contributed by atoms with van der Waals surface area (Å²) in [4.78, 5) is 23.5. The minimum atomic E-state index is -0.484. The summed E-state index contributed by atoms with van der Waals surface area (Å²) < 4.78 is 13.9. The zero-order chi connectivity index (χ0) is 17.0. The maximum atomic E-state index is 13.9. The highest BCUT2D eigenvalue weighted by molar-refractivity contribution is 8.00. The van der Waals surface area contributed by atoms with Crippen molar-refractivity contribution in [3.8, 4) is 0 Å². The summed E-state index contributed by atoms with van der Waals surface area (Å²) in [5.74, 6) is -0.770. The third-order valence-electron chi connectivity index (χ3n) is 3.20. The Balaban J connectivity index is 1.98. The molecule has 0 aromatic heterocycles. The molecule has 0 aliphatic heterocycles. The molecule has 0 bridgehead atoms. The van der Waals surface area contributed by atoms with Gasteiger partial charge >= 0.3 is 0 Å². The smallest absolute Gasteiger partial charge is 0.234 e. The van der Waals surface area contributed by atoms with Crippen LogP contribution in [0.1, 0.15) is 28.4 Å². The maximum absolute atomic E-state index is 13.9. The average molecular weight is 331 g/mol. The van der Waals surface area contributed by atoms with Gasteiger partial charge in [-0.05, 0) is 56.2 Å². The minimum Gasteiger partial charge on any atom is -0.325 e. The molecular formula is C18H18FNO2S. The molecule has 0 fully saturated rings. The van der Waals surface area contributed by atoms with Crippen LogP contribution in [0.4, 0.5) is 10.1 Å². The van der Waals surface area contributed by atoms with Gasteiger partial charge in [-0.15, -0.1) is 11.8 Å². The van der Waals surface area contributed by atoms with Crippen molar-refractivity contribution in [1.29, 1.82) is 0 Å². The van der Waals surface area contributed by atoms with Crippen LogP contribution in [0.15, 0.2) is 41.3 Å². The molecule has 120 valence electrons. The third kappa shape index (κ3) is 4.93. The largest absolute Gasteiger partial charge is 0.325 e. The summed E-state index contributed by atoms with van der Waals surface area (Å²) in [7, 11) is 0. The molecular weight excluding hydrogens is 313 g/mol. The Hall–Kier alpha value is -2.14. The lowest BCUT2D eigenvalue weighted by atomic mass is 10.1. The average Bonchev–Trinajstić information content (AvgIpc) is 2.44. The number of amides is 1. The summed E-state index contributed by atoms with van der Waals surface area (Å²) in [5.41, 5.74) is 3.20. The fourth-order valence-corrected chi connectivity index (χ4v) is 2.94. The van der Waals surface area contributed by atoms with Gasteiger partial charge in [0.25, 0.3) is 0 Å². The van der Waals surface area contributed by atoms with E-state index in [0.717, 1.165) is 28.6 Å². The van der Waals surface area contributed by atoms with Crippen LogP contribution >= 0.6 is 11.8 Å². The van der Waals surface area contributed by atoms with E-state index < -0.39 is 5.82 Å². The number of carbonyl (C=O) groups is 2. The van der Waals surface area contributed by atoms with E-state index in [4.69, 9.17) is 0 Å². The van der Waals surface area contributed by atoms with Crippen LogP contribution in [0.5, 0.6) is 0 Å². The predicted octanol–water partition coefficient (Wildman–Crippen LogP) is 4.38. The molecule has 2 aromatic rings. The Morgan fingerprint density at radius 1 is 1.09 bits per heavy atom. The Kier molecular flexibility index (Phi) is 5.55. The third-order valence-corrected chi connectivity index (χ3v) is 4.25. The van der Waals surface area contributed by atoms with Crippen LogP contribution in [-0.4, -0.2) is 17.4 Å². The predicted molar refractivity (Wildman–Crippen MR) is 91.7 cm³/mol. The van der Waals surface area contributed by atoms with E-state index in [9.17, 15) is 14.0 Å². The first kappa shape index (κ1) is 17.2. The van der Waals surface area contributed by atoms with Crippen LogP contribution in [0, 0.1) is 19.7 Å². The number of benzene rings is 2. The molecule has 0 aliphatic carbocycles. The first-order valence-electron chi connectivity index (χ1n) is 7.16. The molecule has 0 atom stereocenters. The molecule has 0 radical (unpaired) electrons. The normalized spacial score (nSPS) is 10.4. The van der Waals surface area contributed by atoms with Crippen molar-refractivity contribution in [1.82, 2.24) is 0 Å². The molecule has 2 aromatic carbocycles. The van der Waals surface area contributed by atoms with Gasteiger partial charge in [0.05, 0.1) is 5.75 Å². The molecule has 3 nitrogen and oxygen atoms in total. The summed E-state index contributed by atoms with van der Waals surface area (Å²) in [5, 5.41) is 2.81. The SMILES string of the molecule is CC(=O)c1ccc(SCC(=O)Nc2cc(C)cc(C)c2)c(F)c1. The Labute approximate surface area is 139 Å². The van der Waals surface area contributed by atoms with Crippen LogP contribution in [0.2, 0.25) is 0 Å². The lowest BCUT2D eigenvalue weighted by Crippen LogP contribution is -2.14. The van der Waals surface area contributed by atoms with Crippen molar-refractivity contribution in [3.63, 3.8) is 0 Å². The standard InChI is InChI=1S/C18H18FNO2S/c1-11-6-12(2)8-15(7-11)20-18(22)10-23-17-5-4-14(13(3)21)9-16(17)19/h4-9H,10H2,1-3H3,(H,20,22). The number of hydrogen-bond donors (Lipinski definition) is 1. The molecule has 0 unspecified atom stereocenters. The molecule has 2 rings (SSSR count). The van der Waals surface area contributed by atoms with Crippen molar-refractivity contribution >= 4 is 29.1 Å². The van der Waals surface area contributed by atoms with Crippen LogP contribution in [0.3, 0.4) is 0 Å². The molecule has 0 heterocycles. The molecule has 0 aliphatic rings. The molecule has 0 saturated carbocycles. The first-order valence-corrected chi connectivity index (χ1v) is 8.15. The van der Waals surface area contributed by atoms with E-state index >= 15 is 0 Å². The highest BCUT2D eigenvalue weighted by Gasteiger charge is 2.10. The number of aryl methyl sites for hydroxylation is 2. The molecule has 5 heteroatoms. The van der Waals surface area contributed by atoms with Gasteiger partial charge in [-0.1, -0.05) is 12.1 Å². The number of hydrogen-bond acceptors (Lipinski definition) is 3. The molecule has 23 heavy (non-hydrogen) atoms. The van der Waals surface area contributed by atoms with E-state index in [1.54, 1.807) is 6.07 Å². The van der Waals surface area contributed by atoms with E-state index in [1.165, 1.54) is 19.1 Å². The molecule has 0 spiro atoms. The lowest BCUT2D eigenvalue weighted by molar-refractivity contribution is -0.113. The van der Waals surface area contributed by atoms with E-state index in [2.05, 4.69) is 5.32 Å².